The first-order valence-corrected chi connectivity index (χ1v) is 4.64. The van der Waals surface area contributed by atoms with Crippen molar-refractivity contribution in [1.29, 1.82) is 0 Å². The number of nitrogen functional groups attached to an aromatic ring is 1. The number of rotatable bonds is 2. The quantitative estimate of drug-likeness (QED) is 0.837. The van der Waals surface area contributed by atoms with Gasteiger partial charge in [0.05, 0.1) is 13.3 Å². The molecule has 1 aromatic heterocycles. The van der Waals surface area contributed by atoms with Gasteiger partial charge in [0.1, 0.15) is 11.5 Å². The number of methoxy groups -OCH3 is 1. The van der Waals surface area contributed by atoms with Gasteiger partial charge in [0, 0.05) is 11.1 Å². The Balaban J connectivity index is 2.61. The zero-order valence-electron chi connectivity index (χ0n) is 8.64. The molecule has 1 aromatic carbocycles. The summed E-state index contributed by atoms with van der Waals surface area (Å²) in [6.45, 7) is 0. The summed E-state index contributed by atoms with van der Waals surface area (Å²) >= 11 is 0. The molecule has 5 heteroatoms. The molecule has 0 radical (unpaired) electrons. The molecule has 0 aliphatic heterocycles. The van der Waals surface area contributed by atoms with Crippen molar-refractivity contribution in [2.45, 2.75) is 0 Å². The summed E-state index contributed by atoms with van der Waals surface area (Å²) in [5.41, 5.74) is 6.94. The minimum atomic E-state index is -0.357. The Hall–Kier alpha value is -2.17. The predicted molar refractivity (Wildman–Crippen MR) is 58.4 cm³/mol. The highest BCUT2D eigenvalue weighted by atomic mass is 19.1. The molecule has 2 rings (SSSR count). The summed E-state index contributed by atoms with van der Waals surface area (Å²) in [7, 11) is 1.44. The Morgan fingerprint density at radius 3 is 2.69 bits per heavy atom. The summed E-state index contributed by atoms with van der Waals surface area (Å²) in [5.74, 6) is -0.162. The molecule has 0 saturated heterocycles. The molecule has 82 valence electrons. The van der Waals surface area contributed by atoms with Crippen molar-refractivity contribution in [2.75, 3.05) is 12.8 Å². The van der Waals surface area contributed by atoms with Crippen LogP contribution in [0.15, 0.2) is 30.5 Å². The van der Waals surface area contributed by atoms with Crippen LogP contribution in [0.5, 0.6) is 5.88 Å². The molecule has 16 heavy (non-hydrogen) atoms. The Morgan fingerprint density at radius 1 is 1.25 bits per heavy atom. The highest BCUT2D eigenvalue weighted by Gasteiger charge is 2.12. The number of nitrogens with two attached hydrogens (primary N) is 1. The summed E-state index contributed by atoms with van der Waals surface area (Å²) in [4.78, 5) is 0. The lowest BCUT2D eigenvalue weighted by Crippen LogP contribution is -2.00. The standard InChI is InChI=1S/C11H10FN3O/c1-16-11-10(13)8(6-14-15-11)7-4-2-3-5-9(7)12/h2-6H,1H3,(H2,13,14). The Morgan fingerprint density at radius 2 is 2.00 bits per heavy atom. The predicted octanol–water partition coefficient (Wildman–Crippen LogP) is 1.87. The fourth-order valence-corrected chi connectivity index (χ4v) is 1.42. The molecule has 0 bridgehead atoms. The first kappa shape index (κ1) is 10.4. The minimum Gasteiger partial charge on any atom is -0.478 e. The largest absolute Gasteiger partial charge is 0.478 e. The van der Waals surface area contributed by atoms with E-state index >= 15 is 0 Å². The molecule has 1 heterocycles. The highest BCUT2D eigenvalue weighted by Crippen LogP contribution is 2.31. The van der Waals surface area contributed by atoms with Crippen molar-refractivity contribution < 1.29 is 9.13 Å². The fourth-order valence-electron chi connectivity index (χ4n) is 1.42. The van der Waals surface area contributed by atoms with E-state index < -0.39 is 0 Å². The second kappa shape index (κ2) is 4.14. The van der Waals surface area contributed by atoms with Gasteiger partial charge < -0.3 is 10.5 Å². The van der Waals surface area contributed by atoms with E-state index in [2.05, 4.69) is 10.2 Å². The van der Waals surface area contributed by atoms with Crippen molar-refractivity contribution in [3.63, 3.8) is 0 Å². The van der Waals surface area contributed by atoms with E-state index in [1.165, 1.54) is 19.4 Å². The summed E-state index contributed by atoms with van der Waals surface area (Å²) in [6, 6.07) is 6.33. The van der Waals surface area contributed by atoms with Gasteiger partial charge in [-0.1, -0.05) is 18.2 Å². The summed E-state index contributed by atoms with van der Waals surface area (Å²) < 4.78 is 18.5. The van der Waals surface area contributed by atoms with Crippen LogP contribution in [0.25, 0.3) is 11.1 Å². The smallest absolute Gasteiger partial charge is 0.257 e. The minimum absolute atomic E-state index is 0.195. The van der Waals surface area contributed by atoms with Gasteiger partial charge in [-0.2, -0.15) is 5.10 Å². The van der Waals surface area contributed by atoms with Crippen LogP contribution < -0.4 is 10.5 Å². The SMILES string of the molecule is COc1nncc(-c2ccccc2F)c1N. The molecular formula is C11H10FN3O. The number of nitrogens with zero attached hydrogens (tertiary/aromatic N) is 2. The van der Waals surface area contributed by atoms with Gasteiger partial charge in [0.25, 0.3) is 5.88 Å². The topological polar surface area (TPSA) is 61.0 Å². The van der Waals surface area contributed by atoms with E-state index in [9.17, 15) is 4.39 Å². The van der Waals surface area contributed by atoms with Crippen LogP contribution in [-0.4, -0.2) is 17.3 Å². The third-order valence-corrected chi connectivity index (χ3v) is 2.21. The molecule has 0 unspecified atom stereocenters. The first-order valence-electron chi connectivity index (χ1n) is 4.64. The lowest BCUT2D eigenvalue weighted by atomic mass is 10.1. The average Bonchev–Trinajstić information content (AvgIpc) is 2.31. The van der Waals surface area contributed by atoms with Crippen LogP contribution in [0.4, 0.5) is 10.1 Å². The first-order chi connectivity index (χ1) is 7.74. The van der Waals surface area contributed by atoms with E-state index in [0.29, 0.717) is 11.1 Å². The molecule has 0 saturated carbocycles. The van der Waals surface area contributed by atoms with Gasteiger partial charge in [-0.3, -0.25) is 0 Å². The van der Waals surface area contributed by atoms with Crippen LogP contribution in [-0.2, 0) is 0 Å². The highest BCUT2D eigenvalue weighted by molar-refractivity contribution is 5.78. The monoisotopic (exact) mass is 219 g/mol. The van der Waals surface area contributed by atoms with Crippen LogP contribution in [0.1, 0.15) is 0 Å². The molecule has 2 N–H and O–H groups in total. The van der Waals surface area contributed by atoms with Crippen molar-refractivity contribution in [2.24, 2.45) is 0 Å². The normalized spacial score (nSPS) is 10.1. The fraction of sp³-hybridized carbons (Fsp3) is 0.0909. The van der Waals surface area contributed by atoms with Gasteiger partial charge in [-0.25, -0.2) is 4.39 Å². The van der Waals surface area contributed by atoms with Crippen LogP contribution in [0.3, 0.4) is 0 Å². The number of aromatic nitrogens is 2. The second-order valence-electron chi connectivity index (χ2n) is 3.16. The molecular weight excluding hydrogens is 209 g/mol. The van der Waals surface area contributed by atoms with Gasteiger partial charge in [0.15, 0.2) is 0 Å². The van der Waals surface area contributed by atoms with E-state index in [-0.39, 0.29) is 17.4 Å². The lowest BCUT2D eigenvalue weighted by Gasteiger charge is -2.08. The van der Waals surface area contributed by atoms with Gasteiger partial charge in [-0.15, -0.1) is 5.10 Å². The maximum absolute atomic E-state index is 13.5. The van der Waals surface area contributed by atoms with Gasteiger partial charge >= 0.3 is 0 Å². The van der Waals surface area contributed by atoms with E-state index in [4.69, 9.17) is 10.5 Å². The zero-order valence-corrected chi connectivity index (χ0v) is 8.64. The van der Waals surface area contributed by atoms with E-state index in [1.54, 1.807) is 18.2 Å². The molecule has 0 amide bonds. The third-order valence-electron chi connectivity index (χ3n) is 2.21. The molecule has 0 atom stereocenters. The second-order valence-corrected chi connectivity index (χ2v) is 3.16. The Bertz CT molecular complexity index is 516. The van der Waals surface area contributed by atoms with Crippen molar-refractivity contribution in [1.82, 2.24) is 10.2 Å². The third kappa shape index (κ3) is 1.67. The molecule has 2 aromatic rings. The summed E-state index contributed by atoms with van der Waals surface area (Å²) in [5, 5.41) is 7.41. The number of ether oxygens (including phenoxy) is 1. The van der Waals surface area contributed by atoms with E-state index in [0.717, 1.165) is 0 Å². The zero-order chi connectivity index (χ0) is 11.5. The summed E-state index contributed by atoms with van der Waals surface area (Å²) in [6.07, 6.45) is 1.41. The maximum Gasteiger partial charge on any atom is 0.257 e. The Kier molecular flexibility index (Phi) is 2.68. The molecule has 0 aliphatic rings. The van der Waals surface area contributed by atoms with Gasteiger partial charge in [-0.05, 0) is 6.07 Å². The number of hydrogen-bond acceptors (Lipinski definition) is 4. The van der Waals surface area contributed by atoms with Crippen LogP contribution in [0.2, 0.25) is 0 Å². The average molecular weight is 219 g/mol. The molecule has 4 nitrogen and oxygen atoms in total. The molecule has 0 spiro atoms. The lowest BCUT2D eigenvalue weighted by molar-refractivity contribution is 0.394. The number of hydrogen-bond donors (Lipinski definition) is 1. The molecule has 0 fully saturated rings. The van der Waals surface area contributed by atoms with Crippen LogP contribution in [0, 0.1) is 5.82 Å². The number of benzene rings is 1. The Labute approximate surface area is 91.9 Å². The van der Waals surface area contributed by atoms with E-state index in [1.807, 2.05) is 0 Å². The van der Waals surface area contributed by atoms with Crippen LogP contribution >= 0.6 is 0 Å². The van der Waals surface area contributed by atoms with Crippen molar-refractivity contribution >= 4 is 5.69 Å². The van der Waals surface area contributed by atoms with Crippen molar-refractivity contribution in [3.05, 3.63) is 36.3 Å². The number of anilines is 1. The van der Waals surface area contributed by atoms with Gasteiger partial charge in [0.2, 0.25) is 0 Å². The maximum atomic E-state index is 13.5. The number of halogens is 1. The molecule has 0 aliphatic carbocycles. The van der Waals surface area contributed by atoms with Crippen molar-refractivity contribution in [3.8, 4) is 17.0 Å².